The number of nitrogens with zero attached hydrogens (tertiary/aromatic N) is 2. The van der Waals surface area contributed by atoms with E-state index in [1.807, 2.05) is 78.9 Å². The zero-order valence-corrected chi connectivity index (χ0v) is 25.1. The van der Waals surface area contributed by atoms with Crippen LogP contribution < -0.4 is 4.74 Å². The Bertz CT molecular complexity index is 2660. The molecule has 1 aliphatic heterocycles. The third kappa shape index (κ3) is 4.95. The van der Waals surface area contributed by atoms with Crippen LogP contribution >= 0.6 is 0 Å². The summed E-state index contributed by atoms with van der Waals surface area (Å²) in [5, 5.41) is 2.28. The fraction of sp³-hybridized carbons (Fsp3) is 0. The summed E-state index contributed by atoms with van der Waals surface area (Å²) in [6.07, 6.45) is 0. The van der Waals surface area contributed by atoms with E-state index in [1.54, 1.807) is 12.1 Å². The first kappa shape index (κ1) is 22.2. The summed E-state index contributed by atoms with van der Waals surface area (Å²) >= 11 is 0. The molecule has 0 saturated carbocycles. The van der Waals surface area contributed by atoms with E-state index in [0.29, 0.717) is 17.1 Å². The second-order valence-corrected chi connectivity index (χ2v) is 11.5. The van der Waals surface area contributed by atoms with Gasteiger partial charge in [0.1, 0.15) is 11.5 Å². The van der Waals surface area contributed by atoms with E-state index >= 15 is 0 Å². The molecule has 1 aliphatic rings. The van der Waals surface area contributed by atoms with Crippen molar-refractivity contribution in [1.29, 1.82) is 0 Å². The molecule has 3 nitrogen and oxygen atoms in total. The molecule has 0 saturated heterocycles. The zero-order valence-electron chi connectivity index (χ0n) is 30.1. The Hall–Kier alpha value is -6.32. The number of hydrogen-bond acceptors (Lipinski definition) is 3. The lowest BCUT2D eigenvalue weighted by atomic mass is 9.92. The van der Waals surface area contributed by atoms with Gasteiger partial charge >= 0.3 is 0 Å². The lowest BCUT2D eigenvalue weighted by molar-refractivity contribution is 0.487. The molecule has 2 heterocycles. The Morgan fingerprint density at radius 3 is 1.79 bits per heavy atom. The Morgan fingerprint density at radius 2 is 1.04 bits per heavy atom. The molecule has 0 spiro atoms. The molecule has 0 N–H and O–H groups in total. The first-order valence-electron chi connectivity index (χ1n) is 17.9. The van der Waals surface area contributed by atoms with Crippen molar-refractivity contribution in [3.8, 4) is 78.8 Å². The van der Waals surface area contributed by atoms with E-state index in [0.717, 1.165) is 66.9 Å². The van der Waals surface area contributed by atoms with Crippen LogP contribution in [0.15, 0.2) is 170 Å². The Labute approximate surface area is 280 Å². The smallest absolute Gasteiger partial charge is 0.160 e. The summed E-state index contributed by atoms with van der Waals surface area (Å²) in [7, 11) is 0. The van der Waals surface area contributed by atoms with Crippen LogP contribution in [0.2, 0.25) is 0 Å². The predicted octanol–water partition coefficient (Wildman–Crippen LogP) is 11.7. The number of fused-ring (bicyclic) bond motifs is 2. The second kappa shape index (κ2) is 11.2. The Morgan fingerprint density at radius 1 is 0.426 bits per heavy atom. The molecule has 0 unspecified atom stereocenters. The minimum Gasteiger partial charge on any atom is -0.456 e. The quantitative estimate of drug-likeness (QED) is 0.196. The minimum absolute atomic E-state index is 0.166. The van der Waals surface area contributed by atoms with Gasteiger partial charge in [0, 0.05) is 27.6 Å². The Balaban J connectivity index is 1.08. The maximum absolute atomic E-state index is 8.40. The molecule has 0 atom stereocenters. The monoisotopic (exact) mass is 605 g/mol. The topological polar surface area (TPSA) is 35.0 Å². The largest absolute Gasteiger partial charge is 0.456 e. The average molecular weight is 606 g/mol. The van der Waals surface area contributed by atoms with E-state index in [4.69, 9.17) is 21.6 Å². The van der Waals surface area contributed by atoms with Gasteiger partial charge in [-0.2, -0.15) is 0 Å². The van der Waals surface area contributed by atoms with Gasteiger partial charge in [0.15, 0.2) is 5.82 Å². The molecule has 3 heteroatoms. The van der Waals surface area contributed by atoms with Gasteiger partial charge in [-0.15, -0.1) is 0 Å². The third-order valence-electron chi connectivity index (χ3n) is 8.60. The lowest BCUT2D eigenvalue weighted by Gasteiger charge is -2.22. The van der Waals surface area contributed by atoms with Crippen LogP contribution in [-0.2, 0) is 0 Å². The molecule has 47 heavy (non-hydrogen) atoms. The molecule has 220 valence electrons. The highest BCUT2D eigenvalue weighted by atomic mass is 16.5. The van der Waals surface area contributed by atoms with Crippen LogP contribution in [0.4, 0.5) is 0 Å². The highest BCUT2D eigenvalue weighted by molar-refractivity contribution is 6.04. The van der Waals surface area contributed by atoms with Crippen molar-refractivity contribution < 1.29 is 11.6 Å². The summed E-state index contributed by atoms with van der Waals surface area (Å²) in [5.41, 5.74) is 9.13. The summed E-state index contributed by atoms with van der Waals surface area (Å²) < 4.78 is 47.2. The average Bonchev–Trinajstić information content (AvgIpc) is 3.20. The first-order valence-corrected chi connectivity index (χ1v) is 15.4. The van der Waals surface area contributed by atoms with Crippen LogP contribution in [0.1, 0.15) is 6.85 Å². The van der Waals surface area contributed by atoms with Crippen molar-refractivity contribution in [1.82, 2.24) is 9.97 Å². The normalized spacial score (nSPS) is 13.1. The summed E-state index contributed by atoms with van der Waals surface area (Å²) in [6, 6.07) is 44.6. The van der Waals surface area contributed by atoms with Gasteiger partial charge in [-0.3, -0.25) is 0 Å². The summed E-state index contributed by atoms with van der Waals surface area (Å²) in [6.45, 7) is 0. The van der Waals surface area contributed by atoms with E-state index in [9.17, 15) is 0 Å². The van der Waals surface area contributed by atoms with Crippen molar-refractivity contribution in [2.45, 2.75) is 0 Å². The van der Waals surface area contributed by atoms with Gasteiger partial charge < -0.3 is 4.74 Å². The van der Waals surface area contributed by atoms with Crippen LogP contribution in [0.3, 0.4) is 0 Å². The number of ether oxygens (including phenoxy) is 1. The van der Waals surface area contributed by atoms with E-state index in [-0.39, 0.29) is 29.7 Å². The predicted molar refractivity (Wildman–Crippen MR) is 192 cm³/mol. The fourth-order valence-electron chi connectivity index (χ4n) is 6.24. The highest BCUT2D eigenvalue weighted by Crippen LogP contribution is 2.47. The van der Waals surface area contributed by atoms with Crippen LogP contribution in [0, 0.1) is 0 Å². The van der Waals surface area contributed by atoms with Crippen LogP contribution in [-0.4, -0.2) is 9.97 Å². The number of hydrogen-bond donors (Lipinski definition) is 0. The lowest BCUT2D eigenvalue weighted by Crippen LogP contribution is -1.97. The molecule has 7 aromatic carbocycles. The fourth-order valence-corrected chi connectivity index (χ4v) is 6.24. The molecular formula is C44H28N2O. The molecule has 0 bridgehead atoms. The standard InChI is InChI=1S/C44H28N2O/c1-3-9-29(10-4-1)30-17-21-33(22-18-30)40-28-39(32-11-5-2-6-12-32)45-44(46-40)35-23-19-31(20-24-35)36-25-26-41-38(27-36)37-15-7-13-34-14-8-16-42(47-41)43(34)37/h1-28H/i1D,3D,4D,9D,10D. The van der Waals surface area contributed by atoms with Gasteiger partial charge in [-0.05, 0) is 57.5 Å². The van der Waals surface area contributed by atoms with E-state index < -0.39 is 6.04 Å². The van der Waals surface area contributed by atoms with Crippen molar-refractivity contribution in [2.24, 2.45) is 0 Å². The molecule has 9 rings (SSSR count). The number of rotatable bonds is 5. The van der Waals surface area contributed by atoms with Crippen molar-refractivity contribution in [2.75, 3.05) is 0 Å². The summed E-state index contributed by atoms with van der Waals surface area (Å²) in [4.78, 5) is 9.98. The van der Waals surface area contributed by atoms with Gasteiger partial charge in [0.25, 0.3) is 0 Å². The van der Waals surface area contributed by atoms with Gasteiger partial charge in [0.05, 0.1) is 18.2 Å². The highest BCUT2D eigenvalue weighted by Gasteiger charge is 2.20. The molecule has 1 aromatic heterocycles. The SMILES string of the molecule is [2H]c1c([2H])c([2H])c(-c2ccc(-c3cc(-c4ccccc4)nc(-c4ccc(-c5ccc6c(c5)-c5cccc7cccc(c57)O6)cc4)n3)cc2)c([2H])c1[2H]. The van der Waals surface area contributed by atoms with Crippen molar-refractivity contribution in [3.63, 3.8) is 0 Å². The minimum atomic E-state index is -0.411. The molecule has 0 amide bonds. The maximum atomic E-state index is 8.40. The van der Waals surface area contributed by atoms with Gasteiger partial charge in [-0.25, -0.2) is 9.97 Å². The second-order valence-electron chi connectivity index (χ2n) is 11.5. The van der Waals surface area contributed by atoms with E-state index in [1.165, 1.54) is 0 Å². The maximum Gasteiger partial charge on any atom is 0.160 e. The van der Waals surface area contributed by atoms with Gasteiger partial charge in [-0.1, -0.05) is 145 Å². The number of benzene rings is 7. The van der Waals surface area contributed by atoms with Crippen LogP contribution in [0.5, 0.6) is 11.5 Å². The van der Waals surface area contributed by atoms with Crippen molar-refractivity contribution >= 4 is 10.8 Å². The van der Waals surface area contributed by atoms with Crippen LogP contribution in [0.25, 0.3) is 78.1 Å². The molecule has 0 aliphatic carbocycles. The third-order valence-corrected chi connectivity index (χ3v) is 8.60. The molecular weight excluding hydrogens is 572 g/mol. The molecule has 0 radical (unpaired) electrons. The molecule has 8 aromatic rings. The number of aromatic nitrogens is 2. The zero-order chi connectivity index (χ0) is 35.5. The summed E-state index contributed by atoms with van der Waals surface area (Å²) in [5.74, 6) is 2.28. The first-order chi connectivity index (χ1) is 25.3. The molecule has 0 fully saturated rings. The van der Waals surface area contributed by atoms with E-state index in [2.05, 4.69) is 48.5 Å². The van der Waals surface area contributed by atoms with Crippen molar-refractivity contribution in [3.05, 3.63) is 170 Å². The Kier molecular flexibility index (Phi) is 5.32. The van der Waals surface area contributed by atoms with Gasteiger partial charge in [0.2, 0.25) is 0 Å².